The molecule has 1 aliphatic rings. The molecule has 0 aromatic carbocycles. The Morgan fingerprint density at radius 1 is 1.20 bits per heavy atom. The van der Waals surface area contributed by atoms with E-state index in [0.29, 0.717) is 0 Å². The van der Waals surface area contributed by atoms with Crippen LogP contribution in [0.2, 0.25) is 0 Å². The van der Waals surface area contributed by atoms with Crippen LogP contribution in [0.1, 0.15) is 13.8 Å². The maximum absolute atomic E-state index is 2.12. The zero-order chi connectivity index (χ0) is 7.56. The Kier molecular flexibility index (Phi) is 1.95. The van der Waals surface area contributed by atoms with Crippen molar-refractivity contribution in [3.05, 3.63) is 35.7 Å². The first-order chi connectivity index (χ1) is 4.70. The lowest BCUT2D eigenvalue weighted by molar-refractivity contribution is 0.571. The van der Waals surface area contributed by atoms with Gasteiger partial charge in [-0.3, -0.25) is 0 Å². The number of nitrogens with zero attached hydrogens (tertiary/aromatic N) is 1. The van der Waals surface area contributed by atoms with Crippen LogP contribution < -0.4 is 0 Å². The molecule has 1 nitrogen and oxygen atoms in total. The van der Waals surface area contributed by atoms with Gasteiger partial charge in [-0.15, -0.1) is 0 Å². The number of hydrogen-bond acceptors (Lipinski definition) is 1. The van der Waals surface area contributed by atoms with Gasteiger partial charge in [0.15, 0.2) is 0 Å². The molecule has 0 atom stereocenters. The Bertz CT molecular complexity index is 209. The zero-order valence-electron chi connectivity index (χ0n) is 6.76. The average Bonchev–Trinajstić information content (AvgIpc) is 2.04. The number of rotatable bonds is 0. The lowest BCUT2D eigenvalue weighted by Crippen LogP contribution is -2.05. The number of allylic oxidation sites excluding steroid dienone is 5. The highest BCUT2D eigenvalue weighted by Crippen LogP contribution is 2.08. The molecule has 0 aliphatic carbocycles. The average molecular weight is 135 g/mol. The van der Waals surface area contributed by atoms with Crippen LogP contribution in [0, 0.1) is 0 Å². The predicted molar refractivity (Wildman–Crippen MR) is 44.4 cm³/mol. The van der Waals surface area contributed by atoms with Gasteiger partial charge in [-0.2, -0.15) is 0 Å². The monoisotopic (exact) mass is 135 g/mol. The second-order valence-corrected chi connectivity index (χ2v) is 2.65. The second-order valence-electron chi connectivity index (χ2n) is 2.65. The molecule has 0 amide bonds. The zero-order valence-corrected chi connectivity index (χ0v) is 6.76. The largest absolute Gasteiger partial charge is 0.355 e. The Hall–Kier alpha value is -0.980. The minimum Gasteiger partial charge on any atom is -0.355 e. The maximum Gasteiger partial charge on any atom is 0.0140 e. The third-order valence-electron chi connectivity index (χ3n) is 1.70. The van der Waals surface area contributed by atoms with Crippen molar-refractivity contribution in [2.24, 2.45) is 0 Å². The van der Waals surface area contributed by atoms with Crippen LogP contribution in [-0.4, -0.2) is 11.9 Å². The van der Waals surface area contributed by atoms with Crippen LogP contribution in [0.3, 0.4) is 0 Å². The van der Waals surface area contributed by atoms with Gasteiger partial charge < -0.3 is 4.90 Å². The van der Waals surface area contributed by atoms with Crippen LogP contribution >= 0.6 is 0 Å². The lowest BCUT2D eigenvalue weighted by Gasteiger charge is -2.11. The summed E-state index contributed by atoms with van der Waals surface area (Å²) in [6, 6.07) is 0. The Labute approximate surface area is 62.3 Å². The fourth-order valence-corrected chi connectivity index (χ4v) is 0.772. The summed E-state index contributed by atoms with van der Waals surface area (Å²) in [7, 11) is 2.05. The highest BCUT2D eigenvalue weighted by Gasteiger charge is 1.94. The topological polar surface area (TPSA) is 3.24 Å². The summed E-state index contributed by atoms with van der Waals surface area (Å²) in [6.07, 6.45) is 8.42. The van der Waals surface area contributed by atoms with E-state index in [2.05, 4.69) is 50.2 Å². The van der Waals surface area contributed by atoms with Crippen molar-refractivity contribution >= 4 is 0 Å². The van der Waals surface area contributed by atoms with Gasteiger partial charge in [0.25, 0.3) is 0 Å². The van der Waals surface area contributed by atoms with Crippen LogP contribution in [-0.2, 0) is 0 Å². The molecule has 0 unspecified atom stereocenters. The first-order valence-corrected chi connectivity index (χ1v) is 3.46. The van der Waals surface area contributed by atoms with Gasteiger partial charge in [-0.1, -0.05) is 6.08 Å². The molecule has 0 saturated heterocycles. The third-order valence-corrected chi connectivity index (χ3v) is 1.70. The van der Waals surface area contributed by atoms with Gasteiger partial charge in [-0.05, 0) is 31.6 Å². The second kappa shape index (κ2) is 2.74. The smallest absolute Gasteiger partial charge is 0.0140 e. The molecule has 0 fully saturated rings. The van der Waals surface area contributed by atoms with Crippen LogP contribution in [0.5, 0.6) is 0 Å². The Morgan fingerprint density at radius 2 is 1.90 bits per heavy atom. The summed E-state index contributed by atoms with van der Waals surface area (Å²) in [5.74, 6) is 0. The van der Waals surface area contributed by atoms with Gasteiger partial charge in [0.05, 0.1) is 0 Å². The molecule has 0 radical (unpaired) electrons. The molecule has 1 heteroatoms. The molecule has 0 aromatic heterocycles. The van der Waals surface area contributed by atoms with Crippen molar-refractivity contribution in [1.29, 1.82) is 0 Å². The van der Waals surface area contributed by atoms with Gasteiger partial charge in [0, 0.05) is 18.9 Å². The van der Waals surface area contributed by atoms with Gasteiger partial charge >= 0.3 is 0 Å². The Balaban J connectivity index is 2.88. The van der Waals surface area contributed by atoms with E-state index >= 15 is 0 Å². The minimum absolute atomic E-state index is 1.27. The fourth-order valence-electron chi connectivity index (χ4n) is 0.772. The quantitative estimate of drug-likeness (QED) is 0.492. The molecule has 1 aliphatic heterocycles. The highest BCUT2D eigenvalue weighted by molar-refractivity contribution is 5.27. The van der Waals surface area contributed by atoms with E-state index in [4.69, 9.17) is 0 Å². The van der Waals surface area contributed by atoms with E-state index in [-0.39, 0.29) is 0 Å². The van der Waals surface area contributed by atoms with Gasteiger partial charge in [0.2, 0.25) is 0 Å². The molecule has 0 spiro atoms. The Morgan fingerprint density at radius 3 is 2.60 bits per heavy atom. The SMILES string of the molecule is CC1=CC=C(C)N(C)C=C1. The molecular formula is C9H13N. The van der Waals surface area contributed by atoms with E-state index in [9.17, 15) is 0 Å². The molecule has 0 N–H and O–H groups in total. The molecule has 0 saturated carbocycles. The molecule has 0 bridgehead atoms. The van der Waals surface area contributed by atoms with Crippen molar-refractivity contribution in [2.45, 2.75) is 13.8 Å². The highest BCUT2D eigenvalue weighted by atomic mass is 15.1. The van der Waals surface area contributed by atoms with Crippen molar-refractivity contribution < 1.29 is 0 Å². The lowest BCUT2D eigenvalue weighted by atomic mass is 10.3. The van der Waals surface area contributed by atoms with Crippen LogP contribution in [0.25, 0.3) is 0 Å². The standard InChI is InChI=1S/C9H13N/c1-8-4-5-9(2)10(3)7-6-8/h4-7H,1-3H3. The van der Waals surface area contributed by atoms with Gasteiger partial charge in [0.1, 0.15) is 0 Å². The van der Waals surface area contributed by atoms with Crippen molar-refractivity contribution in [3.63, 3.8) is 0 Å². The van der Waals surface area contributed by atoms with Gasteiger partial charge in [-0.25, -0.2) is 0 Å². The first kappa shape index (κ1) is 7.13. The van der Waals surface area contributed by atoms with E-state index in [1.807, 2.05) is 0 Å². The molecule has 54 valence electrons. The van der Waals surface area contributed by atoms with Crippen molar-refractivity contribution in [1.82, 2.24) is 4.90 Å². The predicted octanol–water partition coefficient (Wildman–Crippen LogP) is 2.30. The molecule has 0 aromatic rings. The summed E-state index contributed by atoms with van der Waals surface area (Å²) in [5.41, 5.74) is 2.57. The molecular weight excluding hydrogens is 122 g/mol. The summed E-state index contributed by atoms with van der Waals surface area (Å²) in [5, 5.41) is 0. The maximum atomic E-state index is 2.12. The number of hydrogen-bond donors (Lipinski definition) is 0. The van der Waals surface area contributed by atoms with E-state index in [0.717, 1.165) is 0 Å². The fraction of sp³-hybridized carbons (Fsp3) is 0.333. The van der Waals surface area contributed by atoms with Crippen molar-refractivity contribution in [3.8, 4) is 0 Å². The molecule has 1 heterocycles. The van der Waals surface area contributed by atoms with E-state index in [1.165, 1.54) is 11.3 Å². The van der Waals surface area contributed by atoms with E-state index < -0.39 is 0 Å². The van der Waals surface area contributed by atoms with Crippen LogP contribution in [0.4, 0.5) is 0 Å². The third kappa shape index (κ3) is 1.50. The van der Waals surface area contributed by atoms with E-state index in [1.54, 1.807) is 0 Å². The summed E-state index contributed by atoms with van der Waals surface area (Å²) in [6.45, 7) is 4.19. The first-order valence-electron chi connectivity index (χ1n) is 3.46. The molecule has 1 rings (SSSR count). The summed E-state index contributed by atoms with van der Waals surface area (Å²) < 4.78 is 0. The molecule has 10 heavy (non-hydrogen) atoms. The minimum atomic E-state index is 1.27. The summed E-state index contributed by atoms with van der Waals surface area (Å²) in [4.78, 5) is 2.10. The normalized spacial score (nSPS) is 18.1. The summed E-state index contributed by atoms with van der Waals surface area (Å²) >= 11 is 0. The van der Waals surface area contributed by atoms with Crippen LogP contribution in [0.15, 0.2) is 35.7 Å². The van der Waals surface area contributed by atoms with Crippen molar-refractivity contribution in [2.75, 3.05) is 7.05 Å².